The Morgan fingerprint density at radius 3 is 2.77 bits per heavy atom. The highest BCUT2D eigenvalue weighted by atomic mass is 35.5. The third-order valence-electron chi connectivity index (χ3n) is 1.61. The molecule has 0 heterocycles. The Hall–Kier alpha value is -0.930. The van der Waals surface area contributed by atoms with Crippen molar-refractivity contribution in [2.45, 2.75) is 13.0 Å². The van der Waals surface area contributed by atoms with E-state index in [1.54, 1.807) is 0 Å². The highest BCUT2D eigenvalue weighted by molar-refractivity contribution is 6.34. The summed E-state index contributed by atoms with van der Waals surface area (Å²) in [6.07, 6.45) is 0. The van der Waals surface area contributed by atoms with Crippen molar-refractivity contribution in [1.29, 1.82) is 0 Å². The van der Waals surface area contributed by atoms with E-state index in [2.05, 4.69) is 0 Å². The molecule has 70 valence electrons. The summed E-state index contributed by atoms with van der Waals surface area (Å²) < 4.78 is 12.7. The first-order valence-electron chi connectivity index (χ1n) is 3.77. The average Bonchev–Trinajstić information content (AvgIpc) is 2.08. The number of hydrogen-bond donors (Lipinski definition) is 1. The SMILES string of the molecule is CC(N)C(=O)c1cc(F)ccc1Cl. The maximum atomic E-state index is 12.7. The molecular formula is C9H9ClFNO. The third kappa shape index (κ3) is 2.26. The fourth-order valence-electron chi connectivity index (χ4n) is 0.932. The second-order valence-corrected chi connectivity index (χ2v) is 3.18. The summed E-state index contributed by atoms with van der Waals surface area (Å²) in [5.41, 5.74) is 5.49. The summed E-state index contributed by atoms with van der Waals surface area (Å²) in [5.74, 6) is -0.849. The Balaban J connectivity index is 3.13. The number of carbonyl (C=O) groups excluding carboxylic acids is 1. The average molecular weight is 202 g/mol. The summed E-state index contributed by atoms with van der Waals surface area (Å²) in [7, 11) is 0. The van der Waals surface area contributed by atoms with Gasteiger partial charge in [-0.3, -0.25) is 4.79 Å². The highest BCUT2D eigenvalue weighted by Crippen LogP contribution is 2.18. The number of hydrogen-bond acceptors (Lipinski definition) is 2. The summed E-state index contributed by atoms with van der Waals surface area (Å²) in [6.45, 7) is 1.53. The van der Waals surface area contributed by atoms with E-state index in [1.807, 2.05) is 0 Å². The molecule has 0 aromatic heterocycles. The predicted molar refractivity (Wildman–Crippen MR) is 49.4 cm³/mol. The maximum absolute atomic E-state index is 12.7. The highest BCUT2D eigenvalue weighted by Gasteiger charge is 2.14. The van der Waals surface area contributed by atoms with Gasteiger partial charge >= 0.3 is 0 Å². The van der Waals surface area contributed by atoms with Gasteiger partial charge in [0.25, 0.3) is 0 Å². The van der Waals surface area contributed by atoms with Crippen molar-refractivity contribution in [1.82, 2.24) is 0 Å². The van der Waals surface area contributed by atoms with Crippen LogP contribution in [0.3, 0.4) is 0 Å². The van der Waals surface area contributed by atoms with Gasteiger partial charge in [-0.15, -0.1) is 0 Å². The monoisotopic (exact) mass is 201 g/mol. The Kier molecular flexibility index (Phi) is 3.01. The number of ketones is 1. The van der Waals surface area contributed by atoms with Crippen LogP contribution in [-0.2, 0) is 0 Å². The fraction of sp³-hybridized carbons (Fsp3) is 0.222. The van der Waals surface area contributed by atoms with Crippen LogP contribution in [0, 0.1) is 5.82 Å². The molecule has 2 N–H and O–H groups in total. The van der Waals surface area contributed by atoms with Crippen molar-refractivity contribution in [3.8, 4) is 0 Å². The molecule has 0 saturated heterocycles. The van der Waals surface area contributed by atoms with Gasteiger partial charge in [0.1, 0.15) is 5.82 Å². The zero-order valence-electron chi connectivity index (χ0n) is 7.05. The molecule has 0 amide bonds. The Morgan fingerprint density at radius 1 is 1.62 bits per heavy atom. The number of Topliss-reactive ketones (excluding diaryl/α,β-unsaturated/α-hetero) is 1. The van der Waals surface area contributed by atoms with E-state index in [1.165, 1.54) is 19.1 Å². The molecular weight excluding hydrogens is 193 g/mol. The molecule has 0 aliphatic rings. The van der Waals surface area contributed by atoms with Crippen LogP contribution in [0.15, 0.2) is 18.2 Å². The summed E-state index contributed by atoms with van der Waals surface area (Å²) in [4.78, 5) is 11.3. The second kappa shape index (κ2) is 3.85. The van der Waals surface area contributed by atoms with E-state index in [0.717, 1.165) is 6.07 Å². The van der Waals surface area contributed by atoms with Gasteiger partial charge in [0.2, 0.25) is 0 Å². The molecule has 1 rings (SSSR count). The molecule has 0 radical (unpaired) electrons. The van der Waals surface area contributed by atoms with Gasteiger partial charge in [0, 0.05) is 5.56 Å². The van der Waals surface area contributed by atoms with Gasteiger partial charge in [-0.05, 0) is 25.1 Å². The molecule has 0 aliphatic heterocycles. The minimum Gasteiger partial charge on any atom is -0.321 e. The van der Waals surface area contributed by atoms with Crippen LogP contribution in [-0.4, -0.2) is 11.8 Å². The van der Waals surface area contributed by atoms with Crippen LogP contribution in [0.25, 0.3) is 0 Å². The van der Waals surface area contributed by atoms with Gasteiger partial charge in [-0.25, -0.2) is 4.39 Å². The molecule has 1 unspecified atom stereocenters. The molecule has 0 saturated carbocycles. The van der Waals surface area contributed by atoms with Crippen LogP contribution >= 0.6 is 11.6 Å². The molecule has 0 spiro atoms. The molecule has 4 heteroatoms. The van der Waals surface area contributed by atoms with Crippen LogP contribution in [0.4, 0.5) is 4.39 Å². The maximum Gasteiger partial charge on any atom is 0.180 e. The van der Waals surface area contributed by atoms with E-state index in [4.69, 9.17) is 17.3 Å². The lowest BCUT2D eigenvalue weighted by Gasteiger charge is -2.05. The van der Waals surface area contributed by atoms with E-state index in [0.29, 0.717) is 0 Å². The number of benzene rings is 1. The van der Waals surface area contributed by atoms with Gasteiger partial charge in [-0.2, -0.15) is 0 Å². The quantitative estimate of drug-likeness (QED) is 0.744. The summed E-state index contributed by atoms with van der Waals surface area (Å²) in [5, 5.41) is 0.226. The molecule has 0 fully saturated rings. The van der Waals surface area contributed by atoms with E-state index in [9.17, 15) is 9.18 Å². The van der Waals surface area contributed by atoms with Gasteiger partial charge in [0.05, 0.1) is 11.1 Å². The molecule has 1 aromatic carbocycles. The molecule has 2 nitrogen and oxygen atoms in total. The first-order valence-corrected chi connectivity index (χ1v) is 4.15. The summed E-state index contributed by atoms with van der Waals surface area (Å²) >= 11 is 5.69. The van der Waals surface area contributed by atoms with Crippen molar-refractivity contribution < 1.29 is 9.18 Å². The lowest BCUT2D eigenvalue weighted by atomic mass is 10.1. The molecule has 0 bridgehead atoms. The van der Waals surface area contributed by atoms with Crippen molar-refractivity contribution in [3.05, 3.63) is 34.6 Å². The van der Waals surface area contributed by atoms with Crippen LogP contribution in [0.5, 0.6) is 0 Å². The number of halogens is 2. The molecule has 1 atom stereocenters. The Labute approximate surface area is 80.5 Å². The lowest BCUT2D eigenvalue weighted by molar-refractivity contribution is 0.0967. The molecule has 1 aromatic rings. The van der Waals surface area contributed by atoms with Crippen molar-refractivity contribution >= 4 is 17.4 Å². The van der Waals surface area contributed by atoms with E-state index < -0.39 is 11.9 Å². The largest absolute Gasteiger partial charge is 0.321 e. The minimum atomic E-state index is -0.667. The van der Waals surface area contributed by atoms with Crippen LogP contribution in [0.1, 0.15) is 17.3 Å². The van der Waals surface area contributed by atoms with Gasteiger partial charge in [0.15, 0.2) is 5.78 Å². The third-order valence-corrected chi connectivity index (χ3v) is 1.94. The predicted octanol–water partition coefficient (Wildman–Crippen LogP) is 2.01. The van der Waals surface area contributed by atoms with Crippen molar-refractivity contribution in [3.63, 3.8) is 0 Å². The smallest absolute Gasteiger partial charge is 0.180 e. The van der Waals surface area contributed by atoms with E-state index >= 15 is 0 Å². The van der Waals surface area contributed by atoms with Gasteiger partial charge < -0.3 is 5.73 Å². The first-order chi connectivity index (χ1) is 6.02. The van der Waals surface area contributed by atoms with Crippen molar-refractivity contribution in [2.24, 2.45) is 5.73 Å². The van der Waals surface area contributed by atoms with Crippen LogP contribution in [0.2, 0.25) is 5.02 Å². The standard InChI is InChI=1S/C9H9ClFNO/c1-5(12)9(13)7-4-6(11)2-3-8(7)10/h2-5H,12H2,1H3. The van der Waals surface area contributed by atoms with Gasteiger partial charge in [-0.1, -0.05) is 11.6 Å². The minimum absolute atomic E-state index is 0.136. The van der Waals surface area contributed by atoms with Crippen LogP contribution < -0.4 is 5.73 Å². The van der Waals surface area contributed by atoms with Crippen molar-refractivity contribution in [2.75, 3.05) is 0 Å². The number of rotatable bonds is 2. The Morgan fingerprint density at radius 2 is 2.23 bits per heavy atom. The summed E-state index contributed by atoms with van der Waals surface area (Å²) in [6, 6.07) is 2.96. The normalized spacial score (nSPS) is 12.6. The zero-order valence-corrected chi connectivity index (χ0v) is 7.81. The first kappa shape index (κ1) is 10.2. The Bertz CT molecular complexity index is 338. The zero-order chi connectivity index (χ0) is 10.0. The molecule has 0 aliphatic carbocycles. The topological polar surface area (TPSA) is 43.1 Å². The number of nitrogens with two attached hydrogens (primary N) is 1. The fourth-order valence-corrected chi connectivity index (χ4v) is 1.14. The molecule has 13 heavy (non-hydrogen) atoms. The second-order valence-electron chi connectivity index (χ2n) is 2.78. The lowest BCUT2D eigenvalue weighted by Crippen LogP contribution is -2.26. The van der Waals surface area contributed by atoms with E-state index in [-0.39, 0.29) is 16.4 Å². The number of carbonyl (C=O) groups is 1.